The predicted octanol–water partition coefficient (Wildman–Crippen LogP) is 4.55. The fourth-order valence-corrected chi connectivity index (χ4v) is 2.95. The van der Waals surface area contributed by atoms with Crippen LogP contribution in [-0.2, 0) is 6.54 Å². The van der Waals surface area contributed by atoms with Crippen LogP contribution in [0.25, 0.3) is 0 Å². The van der Waals surface area contributed by atoms with E-state index in [9.17, 15) is 8.78 Å². The van der Waals surface area contributed by atoms with Gasteiger partial charge in [-0.25, -0.2) is 8.78 Å². The van der Waals surface area contributed by atoms with Crippen LogP contribution in [0.15, 0.2) is 40.9 Å². The molecule has 0 amide bonds. The van der Waals surface area contributed by atoms with Crippen molar-refractivity contribution in [3.63, 3.8) is 0 Å². The average molecular weight is 353 g/mol. The lowest BCUT2D eigenvalue weighted by Gasteiger charge is -2.25. The van der Waals surface area contributed by atoms with Crippen LogP contribution in [0, 0.1) is 11.6 Å². The van der Waals surface area contributed by atoms with Crippen molar-refractivity contribution in [2.24, 2.45) is 0 Å². The fourth-order valence-electron chi connectivity index (χ4n) is 2.58. The quantitative estimate of drug-likeness (QED) is 0.797. The second-order valence-corrected chi connectivity index (χ2v) is 5.90. The average Bonchev–Trinajstić information content (AvgIpc) is 2.70. The largest absolute Gasteiger partial charge is 0.383 e. The molecule has 2 nitrogen and oxygen atoms in total. The van der Waals surface area contributed by atoms with Gasteiger partial charge >= 0.3 is 0 Å². The van der Waals surface area contributed by atoms with Crippen molar-refractivity contribution in [2.75, 3.05) is 23.3 Å². The van der Waals surface area contributed by atoms with Crippen molar-refractivity contribution in [3.05, 3.63) is 58.1 Å². The van der Waals surface area contributed by atoms with Crippen LogP contribution in [0.5, 0.6) is 0 Å². The summed E-state index contributed by atoms with van der Waals surface area (Å²) in [5, 5.41) is 3.34. The number of hydrogen-bond donors (Lipinski definition) is 1. The summed E-state index contributed by atoms with van der Waals surface area (Å²) in [4.78, 5) is 2.02. The monoisotopic (exact) mass is 352 g/mol. The maximum atomic E-state index is 14.2. The zero-order chi connectivity index (χ0) is 14.8. The minimum Gasteiger partial charge on any atom is -0.383 e. The third-order valence-corrected chi connectivity index (χ3v) is 4.27. The molecule has 0 bridgehead atoms. The molecule has 1 heterocycles. The summed E-state index contributed by atoms with van der Waals surface area (Å²) in [6.45, 7) is 1.84. The third-order valence-electron chi connectivity index (χ3n) is 3.65. The summed E-state index contributed by atoms with van der Waals surface area (Å²) in [5.74, 6) is -1.03. The first kappa shape index (κ1) is 14.3. The van der Waals surface area contributed by atoms with Crippen LogP contribution in [0.3, 0.4) is 0 Å². The second kappa shape index (κ2) is 6.02. The summed E-state index contributed by atoms with van der Waals surface area (Å²) in [5.41, 5.74) is 2.08. The van der Waals surface area contributed by atoms with Gasteiger partial charge in [0.05, 0.1) is 15.8 Å². The molecule has 1 aliphatic rings. The van der Waals surface area contributed by atoms with Crippen molar-refractivity contribution in [1.29, 1.82) is 0 Å². The van der Waals surface area contributed by atoms with Crippen LogP contribution in [0.4, 0.5) is 20.2 Å². The second-order valence-electron chi connectivity index (χ2n) is 5.04. The molecular formula is C16H15BrF2N2. The maximum absolute atomic E-state index is 14.2. The van der Waals surface area contributed by atoms with Gasteiger partial charge in [-0.15, -0.1) is 0 Å². The van der Waals surface area contributed by atoms with Gasteiger partial charge in [0, 0.05) is 25.2 Å². The number of fused-ring (bicyclic) bond motifs is 1. The van der Waals surface area contributed by atoms with Crippen molar-refractivity contribution in [3.8, 4) is 0 Å². The third kappa shape index (κ3) is 2.88. The Morgan fingerprint density at radius 2 is 1.95 bits per heavy atom. The highest BCUT2D eigenvalue weighted by atomic mass is 79.9. The van der Waals surface area contributed by atoms with Gasteiger partial charge in [0.25, 0.3) is 0 Å². The zero-order valence-corrected chi connectivity index (χ0v) is 13.0. The number of nitrogens with zero attached hydrogens (tertiary/aromatic N) is 1. The van der Waals surface area contributed by atoms with E-state index in [1.54, 1.807) is 0 Å². The molecule has 0 fully saturated rings. The van der Waals surface area contributed by atoms with E-state index >= 15 is 0 Å². The minimum absolute atomic E-state index is 0.0982. The van der Waals surface area contributed by atoms with Gasteiger partial charge in [-0.3, -0.25) is 0 Å². The molecule has 0 saturated heterocycles. The number of rotatable bonds is 2. The van der Waals surface area contributed by atoms with Crippen LogP contribution in [-0.4, -0.2) is 13.1 Å². The molecule has 110 valence electrons. The number of halogens is 3. The van der Waals surface area contributed by atoms with Crippen molar-refractivity contribution < 1.29 is 8.78 Å². The number of benzene rings is 2. The number of hydrogen-bond acceptors (Lipinski definition) is 2. The predicted molar refractivity (Wildman–Crippen MR) is 84.7 cm³/mol. The van der Waals surface area contributed by atoms with E-state index in [-0.39, 0.29) is 12.1 Å². The molecule has 0 aromatic heterocycles. The van der Waals surface area contributed by atoms with Gasteiger partial charge in [-0.1, -0.05) is 12.1 Å². The molecule has 1 aliphatic heterocycles. The topological polar surface area (TPSA) is 15.3 Å². The van der Waals surface area contributed by atoms with E-state index in [1.807, 2.05) is 29.2 Å². The first-order chi connectivity index (χ1) is 10.2. The lowest BCUT2D eigenvalue weighted by atomic mass is 10.1. The number of anilines is 2. The van der Waals surface area contributed by atoms with Crippen LogP contribution >= 0.6 is 15.9 Å². The SMILES string of the molecule is Fc1ccc(Br)c(F)c1CN1CCCNc2ccccc21. The maximum Gasteiger partial charge on any atom is 0.145 e. The van der Waals surface area contributed by atoms with Gasteiger partial charge in [-0.05, 0) is 46.6 Å². The molecule has 2 aromatic rings. The van der Waals surface area contributed by atoms with Gasteiger partial charge < -0.3 is 10.2 Å². The van der Waals surface area contributed by atoms with E-state index in [1.165, 1.54) is 12.1 Å². The normalized spacial score (nSPS) is 14.3. The first-order valence-electron chi connectivity index (χ1n) is 6.87. The lowest BCUT2D eigenvalue weighted by molar-refractivity contribution is 0.545. The van der Waals surface area contributed by atoms with E-state index < -0.39 is 11.6 Å². The van der Waals surface area contributed by atoms with Gasteiger partial charge in [0.15, 0.2) is 0 Å². The molecule has 0 spiro atoms. The molecule has 0 unspecified atom stereocenters. The Bertz CT molecular complexity index is 661. The van der Waals surface area contributed by atoms with Crippen molar-refractivity contribution in [1.82, 2.24) is 0 Å². The Morgan fingerprint density at radius 3 is 2.81 bits per heavy atom. The summed E-state index contributed by atoms with van der Waals surface area (Å²) >= 11 is 3.12. The summed E-state index contributed by atoms with van der Waals surface area (Å²) in [6.07, 6.45) is 0.923. The molecule has 21 heavy (non-hydrogen) atoms. The molecule has 5 heteroatoms. The number of para-hydroxylation sites is 2. The minimum atomic E-state index is -0.523. The van der Waals surface area contributed by atoms with E-state index in [0.29, 0.717) is 4.47 Å². The summed E-state index contributed by atoms with van der Waals surface area (Å²) < 4.78 is 28.4. The Balaban J connectivity index is 1.97. The van der Waals surface area contributed by atoms with Gasteiger partial charge in [-0.2, -0.15) is 0 Å². The summed E-state index contributed by atoms with van der Waals surface area (Å²) in [6, 6.07) is 10.5. The van der Waals surface area contributed by atoms with Crippen molar-refractivity contribution in [2.45, 2.75) is 13.0 Å². The van der Waals surface area contributed by atoms with Crippen LogP contribution in [0.1, 0.15) is 12.0 Å². The van der Waals surface area contributed by atoms with Crippen molar-refractivity contribution >= 4 is 27.3 Å². The molecule has 0 aliphatic carbocycles. The molecule has 2 aromatic carbocycles. The van der Waals surface area contributed by atoms with Crippen LogP contribution < -0.4 is 10.2 Å². The molecule has 0 saturated carbocycles. The highest BCUT2D eigenvalue weighted by molar-refractivity contribution is 9.10. The smallest absolute Gasteiger partial charge is 0.145 e. The Hall–Kier alpha value is -1.62. The Morgan fingerprint density at radius 1 is 1.14 bits per heavy atom. The molecular weight excluding hydrogens is 338 g/mol. The number of nitrogens with one attached hydrogen (secondary N) is 1. The van der Waals surface area contributed by atoms with Gasteiger partial charge in [0.1, 0.15) is 11.6 Å². The highest BCUT2D eigenvalue weighted by Gasteiger charge is 2.19. The zero-order valence-electron chi connectivity index (χ0n) is 11.4. The van der Waals surface area contributed by atoms with E-state index in [0.717, 1.165) is 30.9 Å². The molecule has 0 atom stereocenters. The molecule has 3 rings (SSSR count). The van der Waals surface area contributed by atoms with E-state index in [4.69, 9.17) is 0 Å². The summed E-state index contributed by atoms with van der Waals surface area (Å²) in [7, 11) is 0. The Kier molecular flexibility index (Phi) is 4.10. The van der Waals surface area contributed by atoms with E-state index in [2.05, 4.69) is 21.2 Å². The molecule has 1 N–H and O–H groups in total. The van der Waals surface area contributed by atoms with Crippen LogP contribution in [0.2, 0.25) is 0 Å². The molecule has 0 radical (unpaired) electrons. The Labute approximate surface area is 130 Å². The standard InChI is InChI=1S/C16H15BrF2N2/c17-12-6-7-13(18)11(16(12)19)10-21-9-3-8-20-14-4-1-2-5-15(14)21/h1-2,4-7,20H,3,8-10H2. The first-order valence-corrected chi connectivity index (χ1v) is 7.66. The highest BCUT2D eigenvalue weighted by Crippen LogP contribution is 2.31. The lowest BCUT2D eigenvalue weighted by Crippen LogP contribution is -2.24. The fraction of sp³-hybridized carbons (Fsp3) is 0.250. The van der Waals surface area contributed by atoms with Gasteiger partial charge in [0.2, 0.25) is 0 Å².